The molecule has 1 aromatic carbocycles. The summed E-state index contributed by atoms with van der Waals surface area (Å²) in [6.45, 7) is 1.16. The van der Waals surface area contributed by atoms with E-state index in [2.05, 4.69) is 31.9 Å². The molecule has 1 heterocycles. The minimum atomic E-state index is -0.455. The van der Waals surface area contributed by atoms with Crippen LogP contribution in [0.3, 0.4) is 0 Å². The average Bonchev–Trinajstić information content (AvgIpc) is 2.99. The van der Waals surface area contributed by atoms with Crippen molar-refractivity contribution in [2.24, 2.45) is 0 Å². The molecule has 1 aromatic rings. The van der Waals surface area contributed by atoms with Crippen molar-refractivity contribution in [1.82, 2.24) is 0 Å². The van der Waals surface area contributed by atoms with Gasteiger partial charge in [-0.15, -0.1) is 0 Å². The molecule has 5 nitrogen and oxygen atoms in total. The number of epoxide rings is 1. The number of rotatable bonds is 4. The van der Waals surface area contributed by atoms with Gasteiger partial charge in [-0.3, -0.25) is 10.1 Å². The molecular weight excluding hydrogens is 346 g/mol. The van der Waals surface area contributed by atoms with E-state index in [1.54, 1.807) is 0 Å². The van der Waals surface area contributed by atoms with E-state index in [4.69, 9.17) is 9.47 Å². The molecule has 0 amide bonds. The summed E-state index contributed by atoms with van der Waals surface area (Å²) >= 11 is 6.47. The number of nitrogens with zero attached hydrogens (tertiary/aromatic N) is 1. The fourth-order valence-corrected chi connectivity index (χ4v) is 2.52. The second-order valence-corrected chi connectivity index (χ2v) is 4.97. The first-order chi connectivity index (χ1) is 7.58. The van der Waals surface area contributed by atoms with E-state index < -0.39 is 4.92 Å². The third-order valence-corrected chi connectivity index (χ3v) is 3.19. The van der Waals surface area contributed by atoms with E-state index in [0.29, 0.717) is 27.9 Å². The summed E-state index contributed by atoms with van der Waals surface area (Å²) in [5.41, 5.74) is 0.00812. The summed E-state index contributed by atoms with van der Waals surface area (Å²) in [6, 6.07) is 2.82. The largest absolute Gasteiger partial charge is 0.488 e. The maximum Gasteiger partial charge on any atom is 0.271 e. The smallest absolute Gasteiger partial charge is 0.271 e. The van der Waals surface area contributed by atoms with Crippen LogP contribution in [-0.2, 0) is 4.74 Å². The van der Waals surface area contributed by atoms with Gasteiger partial charge >= 0.3 is 0 Å². The van der Waals surface area contributed by atoms with Gasteiger partial charge in [-0.2, -0.15) is 0 Å². The van der Waals surface area contributed by atoms with Crippen LogP contribution >= 0.6 is 31.9 Å². The molecule has 2 rings (SSSR count). The van der Waals surface area contributed by atoms with Gasteiger partial charge in [-0.25, -0.2) is 0 Å². The fraction of sp³-hybridized carbons (Fsp3) is 0.333. The van der Waals surface area contributed by atoms with Crippen LogP contribution in [0.2, 0.25) is 0 Å². The molecule has 0 aliphatic carbocycles. The number of nitro groups is 1. The maximum atomic E-state index is 10.6. The van der Waals surface area contributed by atoms with Crippen LogP contribution in [0.1, 0.15) is 0 Å². The molecule has 1 atom stereocenters. The summed E-state index contributed by atoms with van der Waals surface area (Å²) in [5.74, 6) is 0.557. The first kappa shape index (κ1) is 11.8. The maximum absolute atomic E-state index is 10.6. The van der Waals surface area contributed by atoms with Crippen molar-refractivity contribution in [3.63, 3.8) is 0 Å². The van der Waals surface area contributed by atoms with Crippen LogP contribution in [0.4, 0.5) is 5.69 Å². The Labute approximate surface area is 108 Å². The van der Waals surface area contributed by atoms with Crippen molar-refractivity contribution in [2.45, 2.75) is 6.10 Å². The highest BCUT2D eigenvalue weighted by molar-refractivity contribution is 9.11. The van der Waals surface area contributed by atoms with Crippen LogP contribution in [0.15, 0.2) is 21.1 Å². The van der Waals surface area contributed by atoms with Gasteiger partial charge in [0.15, 0.2) is 0 Å². The predicted molar refractivity (Wildman–Crippen MR) is 63.7 cm³/mol. The van der Waals surface area contributed by atoms with E-state index in [0.717, 1.165) is 0 Å². The zero-order valence-corrected chi connectivity index (χ0v) is 11.2. The van der Waals surface area contributed by atoms with E-state index in [-0.39, 0.29) is 11.8 Å². The fourth-order valence-electron chi connectivity index (χ4n) is 1.13. The lowest BCUT2D eigenvalue weighted by Crippen LogP contribution is -2.05. The Bertz CT molecular complexity index is 411. The molecule has 0 bridgehead atoms. The quantitative estimate of drug-likeness (QED) is 0.474. The average molecular weight is 353 g/mol. The number of non-ortho nitro benzene ring substituents is 1. The Morgan fingerprint density at radius 3 is 2.50 bits per heavy atom. The number of benzene rings is 1. The van der Waals surface area contributed by atoms with Gasteiger partial charge in [0, 0.05) is 12.1 Å². The van der Waals surface area contributed by atoms with Crippen LogP contribution < -0.4 is 4.74 Å². The normalized spacial score (nSPS) is 18.2. The molecule has 0 N–H and O–H groups in total. The molecule has 1 saturated heterocycles. The molecule has 1 aliphatic heterocycles. The van der Waals surface area contributed by atoms with Crippen LogP contribution in [0.25, 0.3) is 0 Å². The van der Waals surface area contributed by atoms with Crippen molar-refractivity contribution < 1.29 is 14.4 Å². The third kappa shape index (κ3) is 2.72. The minimum Gasteiger partial charge on any atom is -0.488 e. The summed E-state index contributed by atoms with van der Waals surface area (Å²) < 4.78 is 11.6. The second-order valence-electron chi connectivity index (χ2n) is 3.26. The van der Waals surface area contributed by atoms with Crippen molar-refractivity contribution in [3.8, 4) is 5.75 Å². The second kappa shape index (κ2) is 4.68. The first-order valence-corrected chi connectivity index (χ1v) is 6.04. The molecule has 86 valence electrons. The lowest BCUT2D eigenvalue weighted by atomic mass is 10.3. The molecule has 7 heteroatoms. The minimum absolute atomic E-state index is 0.00812. The van der Waals surface area contributed by atoms with E-state index in [1.807, 2.05) is 0 Å². The van der Waals surface area contributed by atoms with E-state index in [9.17, 15) is 10.1 Å². The third-order valence-electron chi connectivity index (χ3n) is 2.01. The number of nitro benzene ring substituents is 1. The van der Waals surface area contributed by atoms with Crippen molar-refractivity contribution in [3.05, 3.63) is 31.2 Å². The van der Waals surface area contributed by atoms with Crippen molar-refractivity contribution in [2.75, 3.05) is 13.2 Å². The summed E-state index contributed by atoms with van der Waals surface area (Å²) in [6.07, 6.45) is 0.147. The van der Waals surface area contributed by atoms with Gasteiger partial charge in [-0.05, 0) is 31.9 Å². The monoisotopic (exact) mass is 351 g/mol. The molecular formula is C9H7Br2NO4. The van der Waals surface area contributed by atoms with Crippen LogP contribution in [-0.4, -0.2) is 24.2 Å². The van der Waals surface area contributed by atoms with Crippen LogP contribution in [0, 0.1) is 10.1 Å². The van der Waals surface area contributed by atoms with Crippen LogP contribution in [0.5, 0.6) is 5.75 Å². The highest BCUT2D eigenvalue weighted by atomic mass is 79.9. The molecule has 0 radical (unpaired) electrons. The lowest BCUT2D eigenvalue weighted by Gasteiger charge is -2.08. The first-order valence-electron chi connectivity index (χ1n) is 4.46. The number of hydrogen-bond donors (Lipinski definition) is 0. The molecule has 0 saturated carbocycles. The van der Waals surface area contributed by atoms with Gasteiger partial charge in [0.2, 0.25) is 0 Å². The highest BCUT2D eigenvalue weighted by Crippen LogP contribution is 2.37. The highest BCUT2D eigenvalue weighted by Gasteiger charge is 2.24. The Hall–Kier alpha value is -0.660. The topological polar surface area (TPSA) is 64.9 Å². The predicted octanol–water partition coefficient (Wildman–Crippen LogP) is 2.90. The summed E-state index contributed by atoms with van der Waals surface area (Å²) in [5, 5.41) is 10.6. The van der Waals surface area contributed by atoms with Gasteiger partial charge < -0.3 is 9.47 Å². The zero-order valence-electron chi connectivity index (χ0n) is 7.98. The van der Waals surface area contributed by atoms with E-state index in [1.165, 1.54) is 12.1 Å². The molecule has 16 heavy (non-hydrogen) atoms. The molecule has 1 fully saturated rings. The van der Waals surface area contributed by atoms with Crippen molar-refractivity contribution >= 4 is 37.5 Å². The molecule has 1 aliphatic rings. The Morgan fingerprint density at radius 1 is 1.50 bits per heavy atom. The Morgan fingerprint density at radius 2 is 2.06 bits per heavy atom. The van der Waals surface area contributed by atoms with Gasteiger partial charge in [-0.1, -0.05) is 0 Å². The summed E-state index contributed by atoms with van der Waals surface area (Å²) in [7, 11) is 0. The molecule has 1 unspecified atom stereocenters. The Kier molecular flexibility index (Phi) is 3.46. The standard InChI is InChI=1S/C9H7Br2NO4/c10-7-1-5(12(13)14)2-8(11)9(7)16-4-6-3-15-6/h1-2,6H,3-4H2. The lowest BCUT2D eigenvalue weighted by molar-refractivity contribution is -0.385. The number of ether oxygens (including phenoxy) is 2. The zero-order chi connectivity index (χ0) is 11.7. The number of hydrogen-bond acceptors (Lipinski definition) is 4. The molecule has 0 spiro atoms. The summed E-state index contributed by atoms with van der Waals surface area (Å²) in [4.78, 5) is 10.1. The SMILES string of the molecule is O=[N+]([O-])c1cc(Br)c(OCC2CO2)c(Br)c1. The van der Waals surface area contributed by atoms with Gasteiger partial charge in [0.1, 0.15) is 18.5 Å². The van der Waals surface area contributed by atoms with E-state index >= 15 is 0 Å². The van der Waals surface area contributed by atoms with Gasteiger partial charge in [0.25, 0.3) is 5.69 Å². The van der Waals surface area contributed by atoms with Gasteiger partial charge in [0.05, 0.1) is 20.5 Å². The Balaban J connectivity index is 2.19. The molecule has 0 aromatic heterocycles. The van der Waals surface area contributed by atoms with Crippen molar-refractivity contribution in [1.29, 1.82) is 0 Å². The number of halogens is 2.